The Morgan fingerprint density at radius 2 is 1.72 bits per heavy atom. The normalized spacial score (nSPS) is 14.5. The second kappa shape index (κ2) is 7.21. The van der Waals surface area contributed by atoms with Gasteiger partial charge in [0.25, 0.3) is 0 Å². The van der Waals surface area contributed by atoms with Gasteiger partial charge in [-0.2, -0.15) is 0 Å². The Balaban J connectivity index is 1.46. The van der Waals surface area contributed by atoms with Crippen LogP contribution in [0.15, 0.2) is 53.9 Å². The lowest BCUT2D eigenvalue weighted by Gasteiger charge is -2.28. The maximum absolute atomic E-state index is 13.0. The molecule has 1 aliphatic rings. The van der Waals surface area contributed by atoms with Gasteiger partial charge in [0.05, 0.1) is 18.9 Å². The van der Waals surface area contributed by atoms with Crippen molar-refractivity contribution >= 4 is 27.8 Å². The van der Waals surface area contributed by atoms with E-state index in [1.807, 2.05) is 5.38 Å². The number of nitrogens with one attached hydrogen (secondary N) is 1. The molecule has 0 unspecified atom stereocenters. The fourth-order valence-corrected chi connectivity index (χ4v) is 3.52. The molecule has 128 valence electrons. The van der Waals surface area contributed by atoms with Crippen LogP contribution in [0.4, 0.5) is 20.9 Å². The van der Waals surface area contributed by atoms with Gasteiger partial charge in [0.1, 0.15) is 5.82 Å². The van der Waals surface area contributed by atoms with Crippen molar-refractivity contribution in [2.45, 2.75) is 0 Å². The SMILES string of the molecule is Fc1ccc(Nc2nc(-c3ccc(N4CCOCC4)cc3)cs2)cc1. The Morgan fingerprint density at radius 1 is 1.00 bits per heavy atom. The van der Waals surface area contributed by atoms with Crippen LogP contribution < -0.4 is 10.2 Å². The number of morpholine rings is 1. The van der Waals surface area contributed by atoms with Gasteiger partial charge >= 0.3 is 0 Å². The molecule has 4 nitrogen and oxygen atoms in total. The Bertz CT molecular complexity index is 827. The van der Waals surface area contributed by atoms with Crippen LogP contribution in [-0.4, -0.2) is 31.3 Å². The van der Waals surface area contributed by atoms with Crippen LogP contribution in [0.2, 0.25) is 0 Å². The number of anilines is 3. The smallest absolute Gasteiger partial charge is 0.187 e. The molecule has 1 aromatic heterocycles. The standard InChI is InChI=1S/C19H18FN3OS/c20-15-3-5-16(6-4-15)21-19-22-18(13-25-19)14-1-7-17(8-2-14)23-9-11-24-12-10-23/h1-8,13H,9-12H2,(H,21,22). The summed E-state index contributed by atoms with van der Waals surface area (Å²) in [7, 11) is 0. The summed E-state index contributed by atoms with van der Waals surface area (Å²) in [6.45, 7) is 3.43. The molecular weight excluding hydrogens is 337 g/mol. The maximum Gasteiger partial charge on any atom is 0.187 e. The van der Waals surface area contributed by atoms with Crippen molar-refractivity contribution in [2.24, 2.45) is 0 Å². The number of halogens is 1. The summed E-state index contributed by atoms with van der Waals surface area (Å²) in [5, 5.41) is 6.02. The van der Waals surface area contributed by atoms with Gasteiger partial charge in [-0.25, -0.2) is 9.37 Å². The van der Waals surface area contributed by atoms with E-state index in [2.05, 4.69) is 39.5 Å². The van der Waals surface area contributed by atoms with E-state index in [0.717, 1.165) is 48.4 Å². The van der Waals surface area contributed by atoms with Crippen LogP contribution in [0.1, 0.15) is 0 Å². The average molecular weight is 355 g/mol. The van der Waals surface area contributed by atoms with Crippen molar-refractivity contribution in [1.29, 1.82) is 0 Å². The number of thiazole rings is 1. The van der Waals surface area contributed by atoms with E-state index in [4.69, 9.17) is 4.74 Å². The Labute approximate surface area is 149 Å². The van der Waals surface area contributed by atoms with E-state index >= 15 is 0 Å². The number of hydrogen-bond acceptors (Lipinski definition) is 5. The van der Waals surface area contributed by atoms with Crippen LogP contribution in [0, 0.1) is 5.82 Å². The first-order valence-corrected chi connectivity index (χ1v) is 9.07. The minimum absolute atomic E-state index is 0.245. The van der Waals surface area contributed by atoms with Gasteiger partial charge < -0.3 is 15.0 Å². The predicted molar refractivity (Wildman–Crippen MR) is 100 cm³/mol. The zero-order valence-corrected chi connectivity index (χ0v) is 14.4. The van der Waals surface area contributed by atoms with Crippen molar-refractivity contribution in [3.63, 3.8) is 0 Å². The molecule has 2 heterocycles. The monoisotopic (exact) mass is 355 g/mol. The summed E-state index contributed by atoms with van der Waals surface area (Å²) in [6.07, 6.45) is 0. The summed E-state index contributed by atoms with van der Waals surface area (Å²) < 4.78 is 18.4. The molecule has 1 N–H and O–H groups in total. The van der Waals surface area contributed by atoms with E-state index in [9.17, 15) is 4.39 Å². The van der Waals surface area contributed by atoms with Crippen molar-refractivity contribution in [1.82, 2.24) is 4.98 Å². The number of rotatable bonds is 4. The van der Waals surface area contributed by atoms with E-state index in [1.54, 1.807) is 12.1 Å². The van der Waals surface area contributed by atoms with Crippen LogP contribution in [0.3, 0.4) is 0 Å². The highest BCUT2D eigenvalue weighted by Gasteiger charge is 2.11. The van der Waals surface area contributed by atoms with Crippen LogP contribution in [0.25, 0.3) is 11.3 Å². The van der Waals surface area contributed by atoms with E-state index in [1.165, 1.54) is 29.2 Å². The van der Waals surface area contributed by atoms with E-state index in [0.29, 0.717) is 0 Å². The minimum atomic E-state index is -0.245. The summed E-state index contributed by atoms with van der Waals surface area (Å²) in [5.41, 5.74) is 4.06. The molecule has 1 saturated heterocycles. The highest BCUT2D eigenvalue weighted by molar-refractivity contribution is 7.14. The van der Waals surface area contributed by atoms with Gasteiger partial charge in [0, 0.05) is 35.4 Å². The van der Waals surface area contributed by atoms with E-state index in [-0.39, 0.29) is 5.82 Å². The minimum Gasteiger partial charge on any atom is -0.378 e. The molecule has 0 radical (unpaired) electrons. The first kappa shape index (κ1) is 16.1. The first-order chi connectivity index (χ1) is 12.3. The highest BCUT2D eigenvalue weighted by Crippen LogP contribution is 2.28. The van der Waals surface area contributed by atoms with Crippen molar-refractivity contribution in [3.05, 3.63) is 59.7 Å². The molecule has 2 aromatic carbocycles. The number of nitrogens with zero attached hydrogens (tertiary/aromatic N) is 2. The van der Waals surface area contributed by atoms with Gasteiger partial charge in [0.2, 0.25) is 0 Å². The second-order valence-electron chi connectivity index (χ2n) is 5.82. The molecule has 0 saturated carbocycles. The Morgan fingerprint density at radius 3 is 2.44 bits per heavy atom. The van der Waals surface area contributed by atoms with Gasteiger partial charge in [-0.3, -0.25) is 0 Å². The molecule has 3 aromatic rings. The van der Waals surface area contributed by atoms with Crippen molar-refractivity contribution < 1.29 is 9.13 Å². The maximum atomic E-state index is 13.0. The molecule has 1 aliphatic heterocycles. The lowest BCUT2D eigenvalue weighted by molar-refractivity contribution is 0.122. The third-order valence-corrected chi connectivity index (χ3v) is 4.90. The van der Waals surface area contributed by atoms with Gasteiger partial charge in [-0.1, -0.05) is 12.1 Å². The Hall–Kier alpha value is -2.44. The molecule has 0 spiro atoms. The Kier molecular flexibility index (Phi) is 4.63. The molecule has 0 bridgehead atoms. The lowest BCUT2D eigenvalue weighted by atomic mass is 10.1. The molecule has 6 heteroatoms. The third-order valence-electron chi connectivity index (χ3n) is 4.14. The summed E-state index contributed by atoms with van der Waals surface area (Å²) in [6, 6.07) is 14.7. The lowest BCUT2D eigenvalue weighted by Crippen LogP contribution is -2.36. The van der Waals surface area contributed by atoms with Gasteiger partial charge in [0.15, 0.2) is 5.13 Å². The third kappa shape index (κ3) is 3.81. The fourth-order valence-electron chi connectivity index (χ4n) is 2.78. The quantitative estimate of drug-likeness (QED) is 0.746. The molecule has 1 fully saturated rings. The first-order valence-electron chi connectivity index (χ1n) is 8.19. The average Bonchev–Trinajstić information content (AvgIpc) is 3.13. The predicted octanol–water partition coefficient (Wildman–Crippen LogP) is 4.53. The molecule has 4 rings (SSSR count). The van der Waals surface area contributed by atoms with Crippen LogP contribution in [-0.2, 0) is 4.74 Å². The summed E-state index contributed by atoms with van der Waals surface area (Å²) in [5.74, 6) is -0.245. The van der Waals surface area contributed by atoms with Crippen molar-refractivity contribution in [3.8, 4) is 11.3 Å². The number of ether oxygens (including phenoxy) is 1. The molecule has 25 heavy (non-hydrogen) atoms. The van der Waals surface area contributed by atoms with Gasteiger partial charge in [-0.05, 0) is 36.4 Å². The van der Waals surface area contributed by atoms with E-state index < -0.39 is 0 Å². The fraction of sp³-hybridized carbons (Fsp3) is 0.211. The number of hydrogen-bond donors (Lipinski definition) is 1. The molecule has 0 amide bonds. The van der Waals surface area contributed by atoms with Crippen LogP contribution >= 0.6 is 11.3 Å². The molecule has 0 atom stereocenters. The number of benzene rings is 2. The zero-order valence-electron chi connectivity index (χ0n) is 13.6. The summed E-state index contributed by atoms with van der Waals surface area (Å²) in [4.78, 5) is 6.95. The van der Waals surface area contributed by atoms with Gasteiger partial charge in [-0.15, -0.1) is 11.3 Å². The zero-order chi connectivity index (χ0) is 17.1. The summed E-state index contributed by atoms with van der Waals surface area (Å²) >= 11 is 1.53. The molecule has 0 aliphatic carbocycles. The number of aromatic nitrogens is 1. The second-order valence-corrected chi connectivity index (χ2v) is 6.67. The highest BCUT2D eigenvalue weighted by atomic mass is 32.1. The topological polar surface area (TPSA) is 37.4 Å². The van der Waals surface area contributed by atoms with Crippen LogP contribution in [0.5, 0.6) is 0 Å². The largest absolute Gasteiger partial charge is 0.378 e. The van der Waals surface area contributed by atoms with Crippen molar-refractivity contribution in [2.75, 3.05) is 36.5 Å². The molecular formula is C19H18FN3OS.